The largest absolute Gasteiger partial charge is 0.379 e. The van der Waals surface area contributed by atoms with E-state index in [1.807, 2.05) is 18.5 Å². The number of pyridine rings is 1. The van der Waals surface area contributed by atoms with Crippen molar-refractivity contribution in [3.8, 4) is 0 Å². The standard InChI is InChI=1S/C16H20N2/c1-11-5-6-17-10-16(11)18-9-15-8-13(3)12(2)7-14(15)4/h5-8,10,18H,9H2,1-4H3. The average Bonchev–Trinajstić information content (AvgIpc) is 2.34. The molecule has 18 heavy (non-hydrogen) atoms. The number of nitrogens with zero attached hydrogens (tertiary/aromatic N) is 1. The molecule has 94 valence electrons. The molecule has 0 saturated heterocycles. The van der Waals surface area contributed by atoms with Gasteiger partial charge in [-0.15, -0.1) is 0 Å². The minimum atomic E-state index is 0.847. The Morgan fingerprint density at radius 2 is 1.67 bits per heavy atom. The van der Waals surface area contributed by atoms with E-state index in [4.69, 9.17) is 0 Å². The summed E-state index contributed by atoms with van der Waals surface area (Å²) in [6.45, 7) is 9.43. The highest BCUT2D eigenvalue weighted by molar-refractivity contribution is 5.49. The highest BCUT2D eigenvalue weighted by atomic mass is 14.9. The van der Waals surface area contributed by atoms with Gasteiger partial charge in [0.1, 0.15) is 0 Å². The summed E-state index contributed by atoms with van der Waals surface area (Å²) in [4.78, 5) is 4.15. The Balaban J connectivity index is 2.16. The Kier molecular flexibility index (Phi) is 3.66. The van der Waals surface area contributed by atoms with Gasteiger partial charge in [-0.3, -0.25) is 4.98 Å². The Labute approximate surface area is 109 Å². The lowest BCUT2D eigenvalue weighted by Gasteiger charge is -2.13. The number of benzene rings is 1. The van der Waals surface area contributed by atoms with Gasteiger partial charge in [-0.2, -0.15) is 0 Å². The van der Waals surface area contributed by atoms with Crippen LogP contribution in [-0.4, -0.2) is 4.98 Å². The van der Waals surface area contributed by atoms with Gasteiger partial charge in [-0.1, -0.05) is 12.1 Å². The molecular weight excluding hydrogens is 220 g/mol. The van der Waals surface area contributed by atoms with Crippen molar-refractivity contribution in [2.75, 3.05) is 5.32 Å². The van der Waals surface area contributed by atoms with Crippen molar-refractivity contribution in [1.82, 2.24) is 4.98 Å². The van der Waals surface area contributed by atoms with Crippen LogP contribution in [0.5, 0.6) is 0 Å². The number of rotatable bonds is 3. The van der Waals surface area contributed by atoms with E-state index in [-0.39, 0.29) is 0 Å². The van der Waals surface area contributed by atoms with Gasteiger partial charge in [0.2, 0.25) is 0 Å². The van der Waals surface area contributed by atoms with Crippen molar-refractivity contribution in [1.29, 1.82) is 0 Å². The molecule has 0 aliphatic carbocycles. The second kappa shape index (κ2) is 5.21. The maximum Gasteiger partial charge on any atom is 0.0559 e. The summed E-state index contributed by atoms with van der Waals surface area (Å²) >= 11 is 0. The van der Waals surface area contributed by atoms with Crippen LogP contribution in [0.3, 0.4) is 0 Å². The second-order valence-corrected chi connectivity index (χ2v) is 4.91. The summed E-state index contributed by atoms with van der Waals surface area (Å²) in [7, 11) is 0. The van der Waals surface area contributed by atoms with Crippen LogP contribution in [0.25, 0.3) is 0 Å². The van der Waals surface area contributed by atoms with Crippen molar-refractivity contribution in [3.63, 3.8) is 0 Å². The maximum absolute atomic E-state index is 4.15. The Hall–Kier alpha value is -1.83. The molecule has 0 bridgehead atoms. The van der Waals surface area contributed by atoms with Crippen LogP contribution in [-0.2, 0) is 6.54 Å². The van der Waals surface area contributed by atoms with Gasteiger partial charge in [-0.05, 0) is 61.6 Å². The molecule has 0 unspecified atom stereocenters. The van der Waals surface area contributed by atoms with Crippen molar-refractivity contribution >= 4 is 5.69 Å². The number of anilines is 1. The summed E-state index contributed by atoms with van der Waals surface area (Å²) < 4.78 is 0. The molecule has 0 amide bonds. The minimum absolute atomic E-state index is 0.847. The lowest BCUT2D eigenvalue weighted by atomic mass is 10.0. The number of hydrogen-bond acceptors (Lipinski definition) is 2. The van der Waals surface area contributed by atoms with Crippen molar-refractivity contribution in [2.24, 2.45) is 0 Å². The molecule has 0 spiro atoms. The lowest BCUT2D eigenvalue weighted by Crippen LogP contribution is -2.04. The van der Waals surface area contributed by atoms with Gasteiger partial charge in [0.15, 0.2) is 0 Å². The first kappa shape index (κ1) is 12.6. The molecule has 0 fully saturated rings. The third-order valence-electron chi connectivity index (χ3n) is 3.46. The number of aromatic nitrogens is 1. The molecule has 0 aliphatic heterocycles. The van der Waals surface area contributed by atoms with Crippen LogP contribution in [0, 0.1) is 27.7 Å². The van der Waals surface area contributed by atoms with Gasteiger partial charge in [0, 0.05) is 12.7 Å². The van der Waals surface area contributed by atoms with E-state index in [2.05, 4.69) is 50.1 Å². The smallest absolute Gasteiger partial charge is 0.0559 e. The van der Waals surface area contributed by atoms with E-state index in [0.717, 1.165) is 12.2 Å². The van der Waals surface area contributed by atoms with Gasteiger partial charge in [0.25, 0.3) is 0 Å². The first-order valence-electron chi connectivity index (χ1n) is 6.29. The second-order valence-electron chi connectivity index (χ2n) is 4.91. The first-order chi connectivity index (χ1) is 8.58. The third-order valence-corrected chi connectivity index (χ3v) is 3.46. The topological polar surface area (TPSA) is 24.9 Å². The summed E-state index contributed by atoms with van der Waals surface area (Å²) in [6.07, 6.45) is 3.70. The van der Waals surface area contributed by atoms with E-state index >= 15 is 0 Å². The molecule has 2 aromatic rings. The maximum atomic E-state index is 4.15. The van der Waals surface area contributed by atoms with Crippen LogP contribution < -0.4 is 5.32 Å². The molecule has 0 atom stereocenters. The Bertz CT molecular complexity index is 559. The molecule has 0 aliphatic rings. The number of aryl methyl sites for hydroxylation is 4. The molecule has 1 aromatic heterocycles. The van der Waals surface area contributed by atoms with Crippen LogP contribution in [0.1, 0.15) is 27.8 Å². The summed E-state index contributed by atoms with van der Waals surface area (Å²) in [5.41, 5.74) is 7.73. The molecule has 1 N–H and O–H groups in total. The quantitative estimate of drug-likeness (QED) is 0.879. The summed E-state index contributed by atoms with van der Waals surface area (Å²) in [5, 5.41) is 3.45. The summed E-state index contributed by atoms with van der Waals surface area (Å²) in [5.74, 6) is 0. The van der Waals surface area contributed by atoms with E-state index in [1.165, 1.54) is 27.8 Å². The van der Waals surface area contributed by atoms with Crippen LogP contribution in [0.4, 0.5) is 5.69 Å². The van der Waals surface area contributed by atoms with E-state index in [0.29, 0.717) is 0 Å². The predicted octanol–water partition coefficient (Wildman–Crippen LogP) is 3.93. The minimum Gasteiger partial charge on any atom is -0.379 e. The third kappa shape index (κ3) is 2.70. The highest BCUT2D eigenvalue weighted by Gasteiger charge is 2.03. The van der Waals surface area contributed by atoms with Gasteiger partial charge < -0.3 is 5.32 Å². The number of hydrogen-bond donors (Lipinski definition) is 1. The molecule has 1 heterocycles. The average molecular weight is 240 g/mol. The van der Waals surface area contributed by atoms with Crippen molar-refractivity contribution in [3.05, 3.63) is 58.4 Å². The number of nitrogens with one attached hydrogen (secondary N) is 1. The zero-order chi connectivity index (χ0) is 13.1. The van der Waals surface area contributed by atoms with Gasteiger partial charge in [-0.25, -0.2) is 0 Å². The molecule has 1 aromatic carbocycles. The van der Waals surface area contributed by atoms with E-state index in [1.54, 1.807) is 0 Å². The van der Waals surface area contributed by atoms with Crippen LogP contribution >= 0.6 is 0 Å². The van der Waals surface area contributed by atoms with Crippen LogP contribution in [0.2, 0.25) is 0 Å². The fourth-order valence-corrected chi connectivity index (χ4v) is 2.05. The SMILES string of the molecule is Cc1cc(C)c(CNc2cnccc2C)cc1C. The molecule has 0 radical (unpaired) electrons. The zero-order valence-electron chi connectivity index (χ0n) is 11.5. The lowest BCUT2D eigenvalue weighted by molar-refractivity contribution is 1.09. The van der Waals surface area contributed by atoms with E-state index in [9.17, 15) is 0 Å². The van der Waals surface area contributed by atoms with Crippen molar-refractivity contribution in [2.45, 2.75) is 34.2 Å². The molecule has 2 rings (SSSR count). The Morgan fingerprint density at radius 3 is 2.39 bits per heavy atom. The highest BCUT2D eigenvalue weighted by Crippen LogP contribution is 2.18. The molecular formula is C16H20N2. The normalized spacial score (nSPS) is 10.4. The van der Waals surface area contributed by atoms with Gasteiger partial charge >= 0.3 is 0 Å². The monoisotopic (exact) mass is 240 g/mol. The first-order valence-corrected chi connectivity index (χ1v) is 6.29. The fourth-order valence-electron chi connectivity index (χ4n) is 2.05. The Morgan fingerprint density at radius 1 is 0.944 bits per heavy atom. The van der Waals surface area contributed by atoms with E-state index < -0.39 is 0 Å². The fraction of sp³-hybridized carbons (Fsp3) is 0.312. The molecule has 2 heteroatoms. The molecule has 2 nitrogen and oxygen atoms in total. The molecule has 0 saturated carbocycles. The summed E-state index contributed by atoms with van der Waals surface area (Å²) in [6, 6.07) is 6.54. The van der Waals surface area contributed by atoms with Crippen molar-refractivity contribution < 1.29 is 0 Å². The van der Waals surface area contributed by atoms with Crippen LogP contribution in [0.15, 0.2) is 30.6 Å². The van der Waals surface area contributed by atoms with Gasteiger partial charge in [0.05, 0.1) is 11.9 Å². The zero-order valence-corrected chi connectivity index (χ0v) is 11.5. The predicted molar refractivity (Wildman–Crippen MR) is 77.0 cm³/mol.